The molecular weight excluding hydrogens is 346 g/mol. The molecule has 0 spiro atoms. The van der Waals surface area contributed by atoms with Crippen LogP contribution in [0.15, 0.2) is 30.3 Å². The van der Waals surface area contributed by atoms with Gasteiger partial charge in [0.1, 0.15) is 0 Å². The van der Waals surface area contributed by atoms with E-state index in [-0.39, 0.29) is 24.4 Å². The molecule has 1 aliphatic heterocycles. The molecule has 4 nitrogen and oxygen atoms in total. The molecule has 1 aromatic rings. The van der Waals surface area contributed by atoms with Gasteiger partial charge in [0.2, 0.25) is 5.91 Å². The van der Waals surface area contributed by atoms with Crippen molar-refractivity contribution in [2.24, 2.45) is 23.5 Å². The van der Waals surface area contributed by atoms with Crippen LogP contribution in [0, 0.1) is 17.8 Å². The Balaban J connectivity index is 0.00000196. The number of nitrogens with two attached hydrogens (primary N) is 1. The summed E-state index contributed by atoms with van der Waals surface area (Å²) in [5.74, 6) is 2.97. The molecule has 3 aliphatic rings. The highest BCUT2D eigenvalue weighted by Crippen LogP contribution is 2.49. The number of benzene rings is 1. The monoisotopic (exact) mass is 377 g/mol. The maximum absolute atomic E-state index is 12.5. The van der Waals surface area contributed by atoms with Gasteiger partial charge in [-0.05, 0) is 49.5 Å². The molecule has 4 rings (SSSR count). The summed E-state index contributed by atoms with van der Waals surface area (Å²) >= 11 is 0. The first-order valence-corrected chi connectivity index (χ1v) is 9.92. The van der Waals surface area contributed by atoms with Gasteiger partial charge in [-0.1, -0.05) is 36.8 Å². The summed E-state index contributed by atoms with van der Waals surface area (Å²) in [5, 5.41) is 3.28. The van der Waals surface area contributed by atoms with Crippen molar-refractivity contribution < 1.29 is 4.79 Å². The van der Waals surface area contributed by atoms with Crippen molar-refractivity contribution in [2.75, 3.05) is 19.6 Å². The van der Waals surface area contributed by atoms with Crippen molar-refractivity contribution in [3.8, 4) is 0 Å². The molecule has 1 aromatic carbocycles. The maximum atomic E-state index is 12.5. The predicted molar refractivity (Wildman–Crippen MR) is 107 cm³/mol. The van der Waals surface area contributed by atoms with Crippen LogP contribution in [0.25, 0.3) is 0 Å². The largest absolute Gasteiger partial charge is 0.352 e. The van der Waals surface area contributed by atoms with Crippen LogP contribution < -0.4 is 11.1 Å². The molecule has 1 saturated heterocycles. The van der Waals surface area contributed by atoms with Crippen molar-refractivity contribution in [3.63, 3.8) is 0 Å². The summed E-state index contributed by atoms with van der Waals surface area (Å²) in [7, 11) is 0. The third kappa shape index (κ3) is 4.08. The average molecular weight is 378 g/mol. The molecule has 144 valence electrons. The minimum absolute atomic E-state index is 0. The van der Waals surface area contributed by atoms with Crippen molar-refractivity contribution in [1.29, 1.82) is 0 Å². The van der Waals surface area contributed by atoms with Gasteiger partial charge in [0, 0.05) is 31.1 Å². The lowest BCUT2D eigenvalue weighted by molar-refractivity contribution is -0.123. The maximum Gasteiger partial charge on any atom is 0.234 e. The van der Waals surface area contributed by atoms with E-state index < -0.39 is 0 Å². The van der Waals surface area contributed by atoms with E-state index >= 15 is 0 Å². The van der Waals surface area contributed by atoms with Gasteiger partial charge in [-0.15, -0.1) is 12.4 Å². The highest BCUT2D eigenvalue weighted by atomic mass is 35.5. The lowest BCUT2D eigenvalue weighted by Gasteiger charge is -2.29. The van der Waals surface area contributed by atoms with E-state index in [1.54, 1.807) is 0 Å². The standard InChI is InChI=1S/C21H31N3O.ClH/c1-14(18-10-15-7-8-17(18)9-15)23-21(25)13-24-11-19(20(22)12-24)16-5-3-2-4-6-16;/h2-6,14-15,17-20H,7-13,22H2,1H3,(H,23,25);1H/t14?,15?,17?,18?,19-,20+;/m0./s1. The zero-order valence-corrected chi connectivity index (χ0v) is 16.5. The molecule has 6 atom stereocenters. The first kappa shape index (κ1) is 19.7. The third-order valence-corrected chi connectivity index (χ3v) is 6.86. The molecule has 2 aliphatic carbocycles. The number of carbonyl (C=O) groups excluding carboxylic acids is 1. The molecule has 1 amide bonds. The fraction of sp³-hybridized carbons (Fsp3) is 0.667. The van der Waals surface area contributed by atoms with E-state index in [1.165, 1.54) is 31.2 Å². The Morgan fingerprint density at radius 3 is 2.65 bits per heavy atom. The Bertz CT molecular complexity index is 611. The first-order chi connectivity index (χ1) is 12.1. The number of halogens is 1. The number of fused-ring (bicyclic) bond motifs is 2. The van der Waals surface area contributed by atoms with Gasteiger partial charge >= 0.3 is 0 Å². The lowest BCUT2D eigenvalue weighted by atomic mass is 9.84. The number of carbonyl (C=O) groups is 1. The Morgan fingerprint density at radius 1 is 1.23 bits per heavy atom. The summed E-state index contributed by atoms with van der Waals surface area (Å²) in [5.41, 5.74) is 7.63. The van der Waals surface area contributed by atoms with Crippen LogP contribution in [-0.4, -0.2) is 42.5 Å². The summed E-state index contributed by atoms with van der Waals surface area (Å²) in [6.45, 7) is 4.35. The molecule has 4 unspecified atom stereocenters. The number of nitrogens with zero attached hydrogens (tertiary/aromatic N) is 1. The molecule has 0 radical (unpaired) electrons. The van der Waals surface area contributed by atoms with Crippen LogP contribution in [0.4, 0.5) is 0 Å². The van der Waals surface area contributed by atoms with Crippen LogP contribution >= 0.6 is 12.4 Å². The molecule has 26 heavy (non-hydrogen) atoms. The van der Waals surface area contributed by atoms with Gasteiger partial charge in [-0.25, -0.2) is 0 Å². The van der Waals surface area contributed by atoms with Crippen molar-refractivity contribution in [2.45, 2.75) is 50.6 Å². The Hall–Kier alpha value is -1.10. The van der Waals surface area contributed by atoms with Crippen molar-refractivity contribution >= 4 is 18.3 Å². The third-order valence-electron chi connectivity index (χ3n) is 6.86. The van der Waals surface area contributed by atoms with Crippen LogP contribution in [0.5, 0.6) is 0 Å². The molecule has 0 aromatic heterocycles. The number of likely N-dealkylation sites (tertiary alicyclic amines) is 1. The number of nitrogens with one attached hydrogen (secondary N) is 1. The molecular formula is C21H32ClN3O. The quantitative estimate of drug-likeness (QED) is 0.829. The van der Waals surface area contributed by atoms with Crippen LogP contribution in [-0.2, 0) is 4.79 Å². The van der Waals surface area contributed by atoms with Gasteiger partial charge in [0.05, 0.1) is 6.54 Å². The normalized spacial score (nSPS) is 34.5. The number of hydrogen-bond acceptors (Lipinski definition) is 3. The molecule has 2 bridgehead atoms. The Morgan fingerprint density at radius 2 is 2.00 bits per heavy atom. The first-order valence-electron chi connectivity index (χ1n) is 9.92. The summed E-state index contributed by atoms with van der Waals surface area (Å²) in [6.07, 6.45) is 5.49. The van der Waals surface area contributed by atoms with Gasteiger partial charge in [0.15, 0.2) is 0 Å². The second-order valence-corrected chi connectivity index (χ2v) is 8.57. The van der Waals surface area contributed by atoms with E-state index in [9.17, 15) is 4.79 Å². The molecule has 2 saturated carbocycles. The average Bonchev–Trinajstić information content (AvgIpc) is 3.31. The van der Waals surface area contributed by atoms with Gasteiger partial charge in [-0.3, -0.25) is 9.69 Å². The van der Waals surface area contributed by atoms with Gasteiger partial charge < -0.3 is 11.1 Å². The molecule has 5 heteroatoms. The van der Waals surface area contributed by atoms with E-state index in [0.29, 0.717) is 24.4 Å². The van der Waals surface area contributed by atoms with E-state index in [0.717, 1.165) is 24.9 Å². The second kappa shape index (κ2) is 8.28. The van der Waals surface area contributed by atoms with Crippen LogP contribution in [0.1, 0.15) is 44.1 Å². The zero-order chi connectivity index (χ0) is 17.4. The Labute approximate surface area is 163 Å². The fourth-order valence-corrected chi connectivity index (χ4v) is 5.61. The van der Waals surface area contributed by atoms with E-state index in [1.807, 2.05) is 6.07 Å². The molecule has 3 fully saturated rings. The number of amides is 1. The fourth-order valence-electron chi connectivity index (χ4n) is 5.61. The van der Waals surface area contributed by atoms with Gasteiger partial charge in [0.25, 0.3) is 0 Å². The van der Waals surface area contributed by atoms with Gasteiger partial charge in [-0.2, -0.15) is 0 Å². The second-order valence-electron chi connectivity index (χ2n) is 8.57. The smallest absolute Gasteiger partial charge is 0.234 e. The highest BCUT2D eigenvalue weighted by molar-refractivity contribution is 5.85. The summed E-state index contributed by atoms with van der Waals surface area (Å²) < 4.78 is 0. The minimum Gasteiger partial charge on any atom is -0.352 e. The molecule has 1 heterocycles. The van der Waals surface area contributed by atoms with Crippen molar-refractivity contribution in [3.05, 3.63) is 35.9 Å². The number of hydrogen-bond donors (Lipinski definition) is 2. The van der Waals surface area contributed by atoms with E-state index in [4.69, 9.17) is 5.73 Å². The summed E-state index contributed by atoms with van der Waals surface area (Å²) in [6, 6.07) is 10.9. The molecule has 3 N–H and O–H groups in total. The predicted octanol–water partition coefficient (Wildman–Crippen LogP) is 2.78. The van der Waals surface area contributed by atoms with E-state index in [2.05, 4.69) is 41.4 Å². The zero-order valence-electron chi connectivity index (χ0n) is 15.6. The van der Waals surface area contributed by atoms with Crippen LogP contribution in [0.2, 0.25) is 0 Å². The minimum atomic E-state index is 0. The van der Waals surface area contributed by atoms with Crippen molar-refractivity contribution in [1.82, 2.24) is 10.2 Å². The topological polar surface area (TPSA) is 58.4 Å². The lowest BCUT2D eigenvalue weighted by Crippen LogP contribution is -2.44. The highest BCUT2D eigenvalue weighted by Gasteiger charge is 2.42. The van der Waals surface area contributed by atoms with Crippen LogP contribution in [0.3, 0.4) is 0 Å². The SMILES string of the molecule is CC(NC(=O)CN1C[C@@H](N)[C@H](c2ccccc2)C1)C1CC2CCC1C2.Cl. The number of rotatable bonds is 5. The Kier molecular flexibility index (Phi) is 6.26. The summed E-state index contributed by atoms with van der Waals surface area (Å²) in [4.78, 5) is 14.7.